The minimum atomic E-state index is -1.32. The minimum Gasteiger partial charge on any atom is -0.449 e. The monoisotopic (exact) mass is 657 g/mol. The van der Waals surface area contributed by atoms with Gasteiger partial charge in [0.15, 0.2) is 5.60 Å². The molecule has 0 saturated heterocycles. The first-order valence-corrected chi connectivity index (χ1v) is 16.8. The number of carbonyl (C=O) groups is 2. The van der Waals surface area contributed by atoms with Crippen molar-refractivity contribution < 1.29 is 19.1 Å². The van der Waals surface area contributed by atoms with Crippen LogP contribution in [0, 0.1) is 12.8 Å². The zero-order valence-electron chi connectivity index (χ0n) is 27.5. The molecule has 0 aromatic heterocycles. The van der Waals surface area contributed by atoms with Gasteiger partial charge in [0.2, 0.25) is 0 Å². The molecule has 2 atom stereocenters. The molecule has 5 aromatic carbocycles. The van der Waals surface area contributed by atoms with Gasteiger partial charge in [-0.15, -0.1) is 0 Å². The van der Waals surface area contributed by atoms with Crippen molar-refractivity contribution in [1.82, 2.24) is 5.32 Å². The SMILES string of the molecule is Cc1ccc(C(OC(=O)C[C@@H](CC(C)C)NC(=O)OCC2c3ccccc3-c3ccccc32)(c2ccccc2)c2ccccc2Cl)cc1. The van der Waals surface area contributed by atoms with Gasteiger partial charge in [-0.1, -0.05) is 152 Å². The van der Waals surface area contributed by atoms with Crippen LogP contribution in [-0.4, -0.2) is 24.7 Å². The Morgan fingerprint density at radius 3 is 1.94 bits per heavy atom. The molecule has 6 rings (SSSR count). The minimum absolute atomic E-state index is 0.0483. The molecule has 5 aromatic rings. The summed E-state index contributed by atoms with van der Waals surface area (Å²) in [5.74, 6) is -0.325. The summed E-state index contributed by atoms with van der Waals surface area (Å²) in [4.78, 5) is 27.4. The first kappa shape index (κ1) is 33.0. The van der Waals surface area contributed by atoms with Crippen molar-refractivity contribution in [1.29, 1.82) is 0 Å². The fourth-order valence-corrected chi connectivity index (χ4v) is 7.11. The second kappa shape index (κ2) is 14.5. The van der Waals surface area contributed by atoms with Crippen molar-refractivity contribution >= 4 is 23.7 Å². The fraction of sp³-hybridized carbons (Fsp3) is 0.238. The molecule has 1 unspecified atom stereocenters. The van der Waals surface area contributed by atoms with Crippen molar-refractivity contribution in [3.63, 3.8) is 0 Å². The Morgan fingerprint density at radius 2 is 1.31 bits per heavy atom. The highest BCUT2D eigenvalue weighted by atomic mass is 35.5. The Hall–Kier alpha value is -4.87. The van der Waals surface area contributed by atoms with E-state index in [-0.39, 0.29) is 24.9 Å². The third-order valence-electron chi connectivity index (χ3n) is 8.99. The number of fused-ring (bicyclic) bond motifs is 3. The Balaban J connectivity index is 1.24. The Kier molecular flexibility index (Phi) is 9.98. The smallest absolute Gasteiger partial charge is 0.407 e. The lowest BCUT2D eigenvalue weighted by atomic mass is 9.79. The van der Waals surface area contributed by atoms with Crippen LogP contribution < -0.4 is 5.32 Å². The van der Waals surface area contributed by atoms with E-state index >= 15 is 0 Å². The lowest BCUT2D eigenvalue weighted by molar-refractivity contribution is -0.154. The van der Waals surface area contributed by atoms with E-state index in [1.54, 1.807) is 6.07 Å². The highest BCUT2D eigenvalue weighted by molar-refractivity contribution is 6.31. The van der Waals surface area contributed by atoms with E-state index in [0.29, 0.717) is 17.0 Å². The number of ether oxygens (including phenoxy) is 2. The van der Waals surface area contributed by atoms with E-state index in [1.807, 2.05) is 104 Å². The summed E-state index contributed by atoms with van der Waals surface area (Å²) in [6.45, 7) is 6.32. The first-order chi connectivity index (χ1) is 23.3. The lowest BCUT2D eigenvalue weighted by Crippen LogP contribution is -2.41. The predicted octanol–water partition coefficient (Wildman–Crippen LogP) is 9.83. The quantitative estimate of drug-likeness (QED) is 0.113. The van der Waals surface area contributed by atoms with Gasteiger partial charge in [0, 0.05) is 33.7 Å². The molecule has 1 amide bonds. The van der Waals surface area contributed by atoms with Gasteiger partial charge in [0.05, 0.1) is 6.42 Å². The Bertz CT molecular complexity index is 1840. The van der Waals surface area contributed by atoms with Crippen LogP contribution in [0.3, 0.4) is 0 Å². The predicted molar refractivity (Wildman–Crippen MR) is 191 cm³/mol. The van der Waals surface area contributed by atoms with Crippen LogP contribution >= 0.6 is 11.6 Å². The lowest BCUT2D eigenvalue weighted by Gasteiger charge is -2.36. The number of aryl methyl sites for hydroxylation is 1. The molecular formula is C42H40ClNO4. The molecule has 0 bridgehead atoms. The van der Waals surface area contributed by atoms with Crippen LogP contribution in [0.25, 0.3) is 11.1 Å². The summed E-state index contributed by atoms with van der Waals surface area (Å²) in [5.41, 5.74) is 6.55. The second-order valence-electron chi connectivity index (χ2n) is 12.9. The largest absolute Gasteiger partial charge is 0.449 e. The molecule has 0 aliphatic heterocycles. The van der Waals surface area contributed by atoms with E-state index in [9.17, 15) is 9.59 Å². The normalized spacial score (nSPS) is 14.0. The number of hydrogen-bond acceptors (Lipinski definition) is 4. The summed E-state index contributed by atoms with van der Waals surface area (Å²) in [5, 5.41) is 3.46. The van der Waals surface area contributed by atoms with Crippen LogP contribution in [0.4, 0.5) is 4.79 Å². The van der Waals surface area contributed by atoms with Crippen molar-refractivity contribution in [2.24, 2.45) is 5.92 Å². The van der Waals surface area contributed by atoms with Gasteiger partial charge in [-0.25, -0.2) is 4.79 Å². The maximum Gasteiger partial charge on any atom is 0.407 e. The summed E-state index contributed by atoms with van der Waals surface area (Å²) >= 11 is 6.85. The number of nitrogens with one attached hydrogen (secondary N) is 1. The first-order valence-electron chi connectivity index (χ1n) is 16.5. The Morgan fingerprint density at radius 1 is 0.750 bits per heavy atom. The molecule has 0 heterocycles. The Labute approximate surface area is 287 Å². The molecule has 1 aliphatic rings. The standard InChI is InChI=1S/C42H40ClNO4/c1-28(2)25-32(44-41(46)47-27-37-35-17-9-7-15-33(35)34-16-8-10-18-36(34)37)26-40(45)48-42(30-13-5-4-6-14-30,31-23-21-29(3)22-24-31)38-19-11-12-20-39(38)43/h4-24,28,32,37H,25-27H2,1-3H3,(H,44,46)/t32-,42?/m1/s1. The van der Waals surface area contributed by atoms with E-state index in [0.717, 1.165) is 38.9 Å². The summed E-state index contributed by atoms with van der Waals surface area (Å²) < 4.78 is 12.5. The van der Waals surface area contributed by atoms with E-state index < -0.39 is 23.7 Å². The second-order valence-corrected chi connectivity index (χ2v) is 13.3. The van der Waals surface area contributed by atoms with E-state index in [2.05, 4.69) is 43.4 Å². The molecule has 6 heteroatoms. The van der Waals surface area contributed by atoms with Gasteiger partial charge in [0.1, 0.15) is 6.61 Å². The number of benzene rings is 5. The fourth-order valence-electron chi connectivity index (χ4n) is 6.84. The van der Waals surface area contributed by atoms with E-state index in [1.165, 1.54) is 0 Å². The molecule has 0 radical (unpaired) electrons. The number of esters is 1. The van der Waals surface area contributed by atoms with Gasteiger partial charge < -0.3 is 14.8 Å². The summed E-state index contributed by atoms with van der Waals surface area (Å²) in [6, 6.07) is 41.0. The van der Waals surface area contributed by atoms with Gasteiger partial charge in [0.25, 0.3) is 0 Å². The molecule has 244 valence electrons. The van der Waals surface area contributed by atoms with Crippen molar-refractivity contribution in [3.8, 4) is 11.1 Å². The highest BCUT2D eigenvalue weighted by Gasteiger charge is 2.42. The molecule has 0 spiro atoms. The van der Waals surface area contributed by atoms with Gasteiger partial charge in [-0.3, -0.25) is 4.79 Å². The zero-order chi connectivity index (χ0) is 33.7. The van der Waals surface area contributed by atoms with Crippen LogP contribution in [0.1, 0.15) is 66.0 Å². The molecule has 5 nitrogen and oxygen atoms in total. The van der Waals surface area contributed by atoms with Gasteiger partial charge >= 0.3 is 12.1 Å². The number of rotatable bonds is 11. The number of amides is 1. The third-order valence-corrected chi connectivity index (χ3v) is 9.32. The maximum atomic E-state index is 14.1. The third kappa shape index (κ3) is 6.88. The zero-order valence-corrected chi connectivity index (χ0v) is 28.2. The number of hydrogen-bond donors (Lipinski definition) is 1. The van der Waals surface area contributed by atoms with Crippen molar-refractivity contribution in [2.45, 2.75) is 51.2 Å². The van der Waals surface area contributed by atoms with Gasteiger partial charge in [-0.2, -0.15) is 0 Å². The van der Waals surface area contributed by atoms with Crippen LogP contribution in [-0.2, 0) is 19.9 Å². The van der Waals surface area contributed by atoms with Crippen molar-refractivity contribution in [3.05, 3.63) is 166 Å². The number of alkyl carbamates (subject to hydrolysis) is 1. The van der Waals surface area contributed by atoms with E-state index in [4.69, 9.17) is 21.1 Å². The van der Waals surface area contributed by atoms with Crippen LogP contribution in [0.2, 0.25) is 5.02 Å². The molecule has 1 N–H and O–H groups in total. The van der Waals surface area contributed by atoms with Crippen LogP contribution in [0.5, 0.6) is 0 Å². The molecular weight excluding hydrogens is 618 g/mol. The molecule has 1 aliphatic carbocycles. The highest BCUT2D eigenvalue weighted by Crippen LogP contribution is 2.45. The molecule has 0 fully saturated rings. The maximum absolute atomic E-state index is 14.1. The summed E-state index contributed by atoms with van der Waals surface area (Å²) in [6.07, 6.45) is -0.0455. The van der Waals surface area contributed by atoms with Gasteiger partial charge in [-0.05, 0) is 47.6 Å². The molecule has 48 heavy (non-hydrogen) atoms. The number of halogens is 1. The number of carbonyl (C=O) groups excluding carboxylic acids is 2. The summed E-state index contributed by atoms with van der Waals surface area (Å²) in [7, 11) is 0. The van der Waals surface area contributed by atoms with Crippen LogP contribution in [0.15, 0.2) is 127 Å². The average Bonchev–Trinajstić information content (AvgIpc) is 3.40. The van der Waals surface area contributed by atoms with Crippen molar-refractivity contribution in [2.75, 3.05) is 6.61 Å². The average molecular weight is 658 g/mol. The topological polar surface area (TPSA) is 64.6 Å². The molecule has 0 saturated carbocycles.